The number of nitrogens with zero attached hydrogens (tertiary/aromatic N) is 1. The number of fused-ring (bicyclic) bond motifs is 1. The van der Waals surface area contributed by atoms with E-state index in [0.29, 0.717) is 18.2 Å². The van der Waals surface area contributed by atoms with Crippen LogP contribution in [0.25, 0.3) is 10.9 Å². The van der Waals surface area contributed by atoms with E-state index in [1.165, 1.54) is 0 Å². The highest BCUT2D eigenvalue weighted by molar-refractivity contribution is 6.17. The highest BCUT2D eigenvalue weighted by Crippen LogP contribution is 2.29. The van der Waals surface area contributed by atoms with Crippen molar-refractivity contribution in [3.63, 3.8) is 0 Å². The highest BCUT2D eigenvalue weighted by Gasteiger charge is 2.05. The van der Waals surface area contributed by atoms with Gasteiger partial charge in [0.05, 0.1) is 12.1 Å². The van der Waals surface area contributed by atoms with Crippen LogP contribution in [0.4, 0.5) is 0 Å². The van der Waals surface area contributed by atoms with E-state index in [4.69, 9.17) is 16.3 Å². The van der Waals surface area contributed by atoms with Crippen molar-refractivity contribution < 1.29 is 9.84 Å². The minimum absolute atomic E-state index is 0.194. The minimum atomic E-state index is 0.194. The molecule has 0 amide bonds. The van der Waals surface area contributed by atoms with Crippen LogP contribution in [0.2, 0.25) is 0 Å². The zero-order valence-electron chi connectivity index (χ0n) is 9.61. The third-order valence-electron chi connectivity index (χ3n) is 2.44. The van der Waals surface area contributed by atoms with Gasteiger partial charge >= 0.3 is 0 Å². The number of rotatable bonds is 4. The SMILES string of the molecule is Cc1cnc2cc(OCCCCl)cc(O)c2c1. The number of aromatic nitrogens is 1. The maximum absolute atomic E-state index is 9.89. The van der Waals surface area contributed by atoms with Crippen LogP contribution in [0.1, 0.15) is 12.0 Å². The van der Waals surface area contributed by atoms with Crippen molar-refractivity contribution in [2.24, 2.45) is 0 Å². The van der Waals surface area contributed by atoms with Crippen LogP contribution in [0.5, 0.6) is 11.5 Å². The molecule has 0 aliphatic heterocycles. The van der Waals surface area contributed by atoms with Gasteiger partial charge in [0.1, 0.15) is 11.5 Å². The van der Waals surface area contributed by atoms with Gasteiger partial charge in [-0.15, -0.1) is 11.6 Å². The number of halogens is 1. The third-order valence-corrected chi connectivity index (χ3v) is 2.70. The molecule has 2 aromatic rings. The normalized spacial score (nSPS) is 10.7. The van der Waals surface area contributed by atoms with E-state index in [0.717, 1.165) is 22.9 Å². The van der Waals surface area contributed by atoms with Gasteiger partial charge in [0.2, 0.25) is 0 Å². The lowest BCUT2D eigenvalue weighted by atomic mass is 10.1. The van der Waals surface area contributed by atoms with Gasteiger partial charge in [-0.1, -0.05) is 0 Å². The first kappa shape index (κ1) is 12.0. The second-order valence-corrected chi connectivity index (χ2v) is 4.29. The molecule has 0 bridgehead atoms. The van der Waals surface area contributed by atoms with Crippen molar-refractivity contribution in [1.29, 1.82) is 0 Å². The summed E-state index contributed by atoms with van der Waals surface area (Å²) >= 11 is 5.57. The molecule has 0 fully saturated rings. The smallest absolute Gasteiger partial charge is 0.128 e. The van der Waals surface area contributed by atoms with Gasteiger partial charge in [-0.3, -0.25) is 4.98 Å². The first-order valence-corrected chi connectivity index (χ1v) is 6.02. The summed E-state index contributed by atoms with van der Waals surface area (Å²) in [6.07, 6.45) is 2.55. The van der Waals surface area contributed by atoms with E-state index in [1.807, 2.05) is 19.1 Å². The fraction of sp³-hybridized carbons (Fsp3) is 0.308. The molecule has 3 nitrogen and oxygen atoms in total. The van der Waals surface area contributed by atoms with E-state index in [1.54, 1.807) is 12.3 Å². The minimum Gasteiger partial charge on any atom is -0.507 e. The predicted molar refractivity (Wildman–Crippen MR) is 69.0 cm³/mol. The van der Waals surface area contributed by atoms with Crippen LogP contribution in [0, 0.1) is 6.92 Å². The maximum Gasteiger partial charge on any atom is 0.128 e. The molecule has 0 atom stereocenters. The van der Waals surface area contributed by atoms with Gasteiger partial charge in [-0.2, -0.15) is 0 Å². The van der Waals surface area contributed by atoms with Crippen molar-refractivity contribution in [3.8, 4) is 11.5 Å². The van der Waals surface area contributed by atoms with Gasteiger partial charge in [-0.25, -0.2) is 0 Å². The van der Waals surface area contributed by atoms with Crippen LogP contribution in [0.3, 0.4) is 0 Å². The Labute approximate surface area is 105 Å². The molecule has 1 aromatic carbocycles. The van der Waals surface area contributed by atoms with Crippen molar-refractivity contribution >= 4 is 22.5 Å². The Hall–Kier alpha value is -1.48. The lowest BCUT2D eigenvalue weighted by molar-refractivity contribution is 0.317. The van der Waals surface area contributed by atoms with Crippen molar-refractivity contribution in [3.05, 3.63) is 30.0 Å². The molecule has 17 heavy (non-hydrogen) atoms. The second kappa shape index (κ2) is 5.23. The number of aryl methyl sites for hydroxylation is 1. The van der Waals surface area contributed by atoms with Crippen molar-refractivity contribution in [2.45, 2.75) is 13.3 Å². The summed E-state index contributed by atoms with van der Waals surface area (Å²) in [6.45, 7) is 2.48. The number of phenols is 1. The Bertz CT molecular complexity index is 528. The fourth-order valence-electron chi connectivity index (χ4n) is 1.62. The lowest BCUT2D eigenvalue weighted by Gasteiger charge is -2.08. The number of hydrogen-bond acceptors (Lipinski definition) is 3. The lowest BCUT2D eigenvalue weighted by Crippen LogP contribution is -1.98. The number of pyridine rings is 1. The van der Waals surface area contributed by atoms with E-state index in [2.05, 4.69) is 4.98 Å². The molecule has 4 heteroatoms. The quantitative estimate of drug-likeness (QED) is 0.670. The molecule has 0 aliphatic carbocycles. The van der Waals surface area contributed by atoms with E-state index in [-0.39, 0.29) is 5.75 Å². The average molecular weight is 252 g/mol. The molecule has 1 aromatic heterocycles. The highest BCUT2D eigenvalue weighted by atomic mass is 35.5. The van der Waals surface area contributed by atoms with Crippen molar-refractivity contribution in [2.75, 3.05) is 12.5 Å². The van der Waals surface area contributed by atoms with Gasteiger partial charge in [0.15, 0.2) is 0 Å². The fourth-order valence-corrected chi connectivity index (χ4v) is 1.73. The Morgan fingerprint density at radius 3 is 2.94 bits per heavy atom. The zero-order valence-corrected chi connectivity index (χ0v) is 10.4. The maximum atomic E-state index is 9.89. The standard InChI is InChI=1S/C13H14ClNO2/c1-9-5-11-12(15-8-9)6-10(7-13(11)16)17-4-2-3-14/h5-8,16H,2-4H2,1H3. The van der Waals surface area contributed by atoms with Crippen molar-refractivity contribution in [1.82, 2.24) is 4.98 Å². The summed E-state index contributed by atoms with van der Waals surface area (Å²) in [6, 6.07) is 5.33. The van der Waals surface area contributed by atoms with Crippen LogP contribution in [0.15, 0.2) is 24.4 Å². The average Bonchev–Trinajstić information content (AvgIpc) is 2.31. The summed E-state index contributed by atoms with van der Waals surface area (Å²) in [5.41, 5.74) is 1.75. The van der Waals surface area contributed by atoms with E-state index >= 15 is 0 Å². The molecule has 0 saturated heterocycles. The van der Waals surface area contributed by atoms with E-state index in [9.17, 15) is 5.11 Å². The predicted octanol–water partition coefficient (Wildman–Crippen LogP) is 3.26. The van der Waals surface area contributed by atoms with Gasteiger partial charge < -0.3 is 9.84 Å². The number of hydrogen-bond donors (Lipinski definition) is 1. The monoisotopic (exact) mass is 251 g/mol. The molecule has 90 valence electrons. The van der Waals surface area contributed by atoms with Gasteiger partial charge in [-0.05, 0) is 25.0 Å². The molecular formula is C13H14ClNO2. The summed E-state index contributed by atoms with van der Waals surface area (Å²) in [5.74, 6) is 1.38. The summed E-state index contributed by atoms with van der Waals surface area (Å²) < 4.78 is 5.48. The van der Waals surface area contributed by atoms with Gasteiger partial charge in [0, 0.05) is 29.6 Å². The van der Waals surface area contributed by atoms with Gasteiger partial charge in [0.25, 0.3) is 0 Å². The Morgan fingerprint density at radius 2 is 2.18 bits per heavy atom. The molecule has 1 N–H and O–H groups in total. The number of benzene rings is 1. The first-order valence-electron chi connectivity index (χ1n) is 5.49. The molecule has 2 rings (SSSR count). The summed E-state index contributed by atoms with van der Waals surface area (Å²) in [5, 5.41) is 10.6. The number of phenolic OH excluding ortho intramolecular Hbond substituents is 1. The van der Waals surface area contributed by atoms with Crippen LogP contribution in [-0.4, -0.2) is 22.6 Å². The molecular weight excluding hydrogens is 238 g/mol. The second-order valence-electron chi connectivity index (χ2n) is 3.91. The molecule has 0 aliphatic rings. The molecule has 1 heterocycles. The summed E-state index contributed by atoms with van der Waals surface area (Å²) in [7, 11) is 0. The first-order chi connectivity index (χ1) is 8.20. The van der Waals surface area contributed by atoms with Crippen LogP contribution >= 0.6 is 11.6 Å². The topological polar surface area (TPSA) is 42.4 Å². The molecule has 0 radical (unpaired) electrons. The zero-order chi connectivity index (χ0) is 12.3. The Morgan fingerprint density at radius 1 is 1.35 bits per heavy atom. The molecule has 0 unspecified atom stereocenters. The van der Waals surface area contributed by atoms with Crippen LogP contribution in [-0.2, 0) is 0 Å². The Balaban J connectivity index is 2.32. The summed E-state index contributed by atoms with van der Waals surface area (Å²) in [4.78, 5) is 4.26. The number of ether oxygens (including phenoxy) is 1. The van der Waals surface area contributed by atoms with E-state index < -0.39 is 0 Å². The number of alkyl halides is 1. The third kappa shape index (κ3) is 2.80. The molecule has 0 saturated carbocycles. The number of aromatic hydroxyl groups is 1. The molecule has 0 spiro atoms. The van der Waals surface area contributed by atoms with Crippen LogP contribution < -0.4 is 4.74 Å². The Kier molecular flexibility index (Phi) is 3.69. The largest absolute Gasteiger partial charge is 0.507 e.